The van der Waals surface area contributed by atoms with Gasteiger partial charge in [0, 0.05) is 13.1 Å². The van der Waals surface area contributed by atoms with Crippen LogP contribution in [-0.2, 0) is 10.0 Å². The average molecular weight is 336 g/mol. The minimum absolute atomic E-state index is 0.317. The zero-order valence-electron chi connectivity index (χ0n) is 14.4. The van der Waals surface area contributed by atoms with Crippen LogP contribution >= 0.6 is 0 Å². The largest absolute Gasteiger partial charge is 0.243 e. The molecule has 0 aliphatic carbocycles. The number of nitrogens with zero attached hydrogens (tertiary/aromatic N) is 1. The molecule has 1 unspecified atom stereocenters. The minimum Gasteiger partial charge on any atom is -0.207 e. The second kappa shape index (κ2) is 8.11. The Morgan fingerprint density at radius 1 is 1.22 bits per heavy atom. The number of unbranched alkanes of at least 4 members (excludes halogenated alkanes) is 3. The maximum absolute atomic E-state index is 12.7. The number of hydrogen-bond donors (Lipinski definition) is 0. The number of aryl methyl sites for hydroxylation is 1. The lowest BCUT2D eigenvalue weighted by Gasteiger charge is -2.18. The summed E-state index contributed by atoms with van der Waals surface area (Å²) in [6.07, 6.45) is 6.85. The first-order chi connectivity index (χ1) is 10.9. The van der Waals surface area contributed by atoms with Crippen molar-refractivity contribution >= 4 is 10.0 Å². The summed E-state index contributed by atoms with van der Waals surface area (Å²) in [5, 5.41) is 0. The zero-order chi connectivity index (χ0) is 16.9. The molecule has 1 saturated heterocycles. The molecule has 1 fully saturated rings. The molecule has 1 aromatic carbocycles. The molecule has 4 heteroatoms. The maximum atomic E-state index is 12.7. The van der Waals surface area contributed by atoms with Gasteiger partial charge in [0.05, 0.1) is 4.90 Å². The van der Waals surface area contributed by atoms with Gasteiger partial charge in [-0.05, 0) is 44.2 Å². The lowest BCUT2D eigenvalue weighted by Crippen LogP contribution is -2.29. The van der Waals surface area contributed by atoms with Crippen molar-refractivity contribution in [3.8, 4) is 0 Å². The topological polar surface area (TPSA) is 37.4 Å². The van der Waals surface area contributed by atoms with Gasteiger partial charge in [0.1, 0.15) is 0 Å². The van der Waals surface area contributed by atoms with Gasteiger partial charge in [-0.1, -0.05) is 56.0 Å². The Labute approximate surface area is 141 Å². The van der Waals surface area contributed by atoms with E-state index >= 15 is 0 Å². The number of hydrogen-bond acceptors (Lipinski definition) is 2. The predicted octanol–water partition coefficient (Wildman–Crippen LogP) is 4.53. The normalized spacial score (nSPS) is 19.1. The first-order valence-corrected chi connectivity index (χ1v) is 10.1. The molecule has 128 valence electrons. The van der Waals surface area contributed by atoms with Crippen LogP contribution < -0.4 is 0 Å². The fourth-order valence-corrected chi connectivity index (χ4v) is 4.62. The quantitative estimate of drug-likeness (QED) is 0.517. The van der Waals surface area contributed by atoms with Crippen LogP contribution in [-0.4, -0.2) is 25.8 Å². The van der Waals surface area contributed by atoms with E-state index in [2.05, 4.69) is 13.5 Å². The van der Waals surface area contributed by atoms with Crippen LogP contribution in [0.3, 0.4) is 0 Å². The zero-order valence-corrected chi connectivity index (χ0v) is 15.2. The van der Waals surface area contributed by atoms with E-state index in [1.165, 1.54) is 31.3 Å². The third-order valence-corrected chi connectivity index (χ3v) is 6.62. The molecule has 2 rings (SSSR count). The van der Waals surface area contributed by atoms with Gasteiger partial charge in [0.25, 0.3) is 0 Å². The maximum Gasteiger partial charge on any atom is 0.243 e. The van der Waals surface area contributed by atoms with Crippen LogP contribution in [0.5, 0.6) is 0 Å². The Morgan fingerprint density at radius 2 is 1.91 bits per heavy atom. The molecular formula is C19H29NO2S. The van der Waals surface area contributed by atoms with E-state index in [-0.39, 0.29) is 0 Å². The molecule has 23 heavy (non-hydrogen) atoms. The van der Waals surface area contributed by atoms with Crippen LogP contribution in [0.4, 0.5) is 0 Å². The van der Waals surface area contributed by atoms with Gasteiger partial charge in [-0.3, -0.25) is 0 Å². The summed E-state index contributed by atoms with van der Waals surface area (Å²) in [5.74, 6) is 0.317. The van der Waals surface area contributed by atoms with Crippen molar-refractivity contribution in [2.75, 3.05) is 13.1 Å². The molecule has 0 saturated carbocycles. The van der Waals surface area contributed by atoms with Gasteiger partial charge in [0.15, 0.2) is 0 Å². The molecule has 1 aromatic rings. The first-order valence-electron chi connectivity index (χ1n) is 8.69. The smallest absolute Gasteiger partial charge is 0.207 e. The molecule has 0 aromatic heterocycles. The number of sulfonamides is 1. The second-order valence-electron chi connectivity index (χ2n) is 6.63. The van der Waals surface area contributed by atoms with Crippen LogP contribution in [0.15, 0.2) is 41.3 Å². The van der Waals surface area contributed by atoms with Crippen LogP contribution in [0.1, 0.15) is 51.0 Å². The Balaban J connectivity index is 1.93. The Bertz CT molecular complexity index is 619. The molecule has 0 spiro atoms. The van der Waals surface area contributed by atoms with Crippen molar-refractivity contribution in [3.63, 3.8) is 0 Å². The van der Waals surface area contributed by atoms with Crippen molar-refractivity contribution in [2.24, 2.45) is 5.92 Å². The highest BCUT2D eigenvalue weighted by Gasteiger charge is 2.33. The minimum atomic E-state index is -3.36. The van der Waals surface area contributed by atoms with Gasteiger partial charge in [-0.15, -0.1) is 0 Å². The molecule has 1 aliphatic rings. The monoisotopic (exact) mass is 335 g/mol. The van der Waals surface area contributed by atoms with E-state index in [1.807, 2.05) is 19.1 Å². The van der Waals surface area contributed by atoms with Crippen molar-refractivity contribution in [1.29, 1.82) is 0 Å². The fraction of sp³-hybridized carbons (Fsp3) is 0.579. The molecule has 3 nitrogen and oxygen atoms in total. The van der Waals surface area contributed by atoms with Crippen LogP contribution in [0.25, 0.3) is 0 Å². The molecule has 0 amide bonds. The third-order valence-electron chi connectivity index (χ3n) is 4.74. The summed E-state index contributed by atoms with van der Waals surface area (Å²) in [6, 6.07) is 7.12. The third kappa shape index (κ3) is 4.67. The summed E-state index contributed by atoms with van der Waals surface area (Å²) >= 11 is 0. The first kappa shape index (κ1) is 18.2. The molecule has 0 N–H and O–H groups in total. The molecular weight excluding hydrogens is 306 g/mol. The van der Waals surface area contributed by atoms with Crippen molar-refractivity contribution < 1.29 is 8.42 Å². The predicted molar refractivity (Wildman–Crippen MR) is 95.9 cm³/mol. The van der Waals surface area contributed by atoms with Gasteiger partial charge in [-0.2, -0.15) is 4.31 Å². The molecule has 0 radical (unpaired) electrons. The lowest BCUT2D eigenvalue weighted by atomic mass is 9.95. The van der Waals surface area contributed by atoms with Crippen molar-refractivity contribution in [3.05, 3.63) is 42.0 Å². The SMILES string of the molecule is C=C(CCCCCC)C1CCN(S(=O)(=O)c2ccc(C)cc2)C1. The summed E-state index contributed by atoms with van der Waals surface area (Å²) in [4.78, 5) is 0.400. The van der Waals surface area contributed by atoms with Gasteiger partial charge < -0.3 is 0 Å². The Kier molecular flexibility index (Phi) is 6.42. The second-order valence-corrected chi connectivity index (χ2v) is 8.57. The van der Waals surface area contributed by atoms with Gasteiger partial charge in [0.2, 0.25) is 10.0 Å². The van der Waals surface area contributed by atoms with E-state index in [1.54, 1.807) is 16.4 Å². The summed E-state index contributed by atoms with van der Waals surface area (Å²) in [6.45, 7) is 9.58. The summed E-state index contributed by atoms with van der Waals surface area (Å²) < 4.78 is 27.0. The fourth-order valence-electron chi connectivity index (χ4n) is 3.12. The summed E-state index contributed by atoms with van der Waals surface area (Å²) in [5.41, 5.74) is 2.30. The van der Waals surface area contributed by atoms with E-state index in [0.29, 0.717) is 23.9 Å². The molecule has 1 heterocycles. The molecule has 1 aliphatic heterocycles. The number of rotatable bonds is 8. The number of benzene rings is 1. The van der Waals surface area contributed by atoms with Crippen LogP contribution in [0.2, 0.25) is 0 Å². The highest BCUT2D eigenvalue weighted by Crippen LogP contribution is 2.30. The van der Waals surface area contributed by atoms with Crippen molar-refractivity contribution in [1.82, 2.24) is 4.31 Å². The Hall–Kier alpha value is -1.13. The average Bonchev–Trinajstić information content (AvgIpc) is 3.02. The van der Waals surface area contributed by atoms with Gasteiger partial charge in [-0.25, -0.2) is 8.42 Å². The highest BCUT2D eigenvalue weighted by molar-refractivity contribution is 7.89. The van der Waals surface area contributed by atoms with E-state index in [4.69, 9.17) is 0 Å². The summed E-state index contributed by atoms with van der Waals surface area (Å²) in [7, 11) is -3.36. The van der Waals surface area contributed by atoms with Crippen molar-refractivity contribution in [2.45, 2.75) is 57.3 Å². The molecule has 1 atom stereocenters. The van der Waals surface area contributed by atoms with Gasteiger partial charge >= 0.3 is 0 Å². The van der Waals surface area contributed by atoms with Crippen LogP contribution in [0, 0.1) is 12.8 Å². The van der Waals surface area contributed by atoms with E-state index < -0.39 is 10.0 Å². The lowest BCUT2D eigenvalue weighted by molar-refractivity contribution is 0.465. The Morgan fingerprint density at radius 3 is 2.57 bits per heavy atom. The standard InChI is InChI=1S/C19H29NO2S/c1-4-5-6-7-8-17(3)18-13-14-20(15-18)23(21,22)19-11-9-16(2)10-12-19/h9-12,18H,3-8,13-15H2,1-2H3. The van der Waals surface area contributed by atoms with E-state index in [9.17, 15) is 8.42 Å². The highest BCUT2D eigenvalue weighted by atomic mass is 32.2. The molecule has 0 bridgehead atoms. The van der Waals surface area contributed by atoms with E-state index in [0.717, 1.165) is 18.4 Å².